The molecule has 1 aliphatic rings. The molecule has 1 aliphatic heterocycles. The summed E-state index contributed by atoms with van der Waals surface area (Å²) in [5.41, 5.74) is 1.22. The SMILES string of the molecule is CC(C)C(=O)N1CCC(NC(=NCCc2ccco2)NC(C)c2ccccc2)CC1. The number of amides is 1. The third-order valence-electron chi connectivity index (χ3n) is 5.50. The first-order valence-electron chi connectivity index (χ1n) is 11.0. The van der Waals surface area contributed by atoms with Crippen molar-refractivity contribution in [3.63, 3.8) is 0 Å². The number of guanidine groups is 1. The molecular formula is C24H34N4O2. The van der Waals surface area contributed by atoms with Gasteiger partial charge in [-0.25, -0.2) is 0 Å². The van der Waals surface area contributed by atoms with Crippen LogP contribution in [0.1, 0.15) is 51.0 Å². The fourth-order valence-corrected chi connectivity index (χ4v) is 3.70. The van der Waals surface area contributed by atoms with E-state index in [2.05, 4.69) is 41.8 Å². The van der Waals surface area contributed by atoms with E-state index in [9.17, 15) is 4.79 Å². The number of piperidine rings is 1. The van der Waals surface area contributed by atoms with Gasteiger partial charge < -0.3 is 20.0 Å². The lowest BCUT2D eigenvalue weighted by Gasteiger charge is -2.34. The van der Waals surface area contributed by atoms with Crippen LogP contribution in [0.5, 0.6) is 0 Å². The number of aliphatic imine (C=N–C) groups is 1. The van der Waals surface area contributed by atoms with Crippen molar-refractivity contribution in [2.75, 3.05) is 19.6 Å². The van der Waals surface area contributed by atoms with Gasteiger partial charge in [0.25, 0.3) is 0 Å². The summed E-state index contributed by atoms with van der Waals surface area (Å²) < 4.78 is 5.42. The highest BCUT2D eigenvalue weighted by Crippen LogP contribution is 2.15. The molecule has 0 aliphatic carbocycles. The fourth-order valence-electron chi connectivity index (χ4n) is 3.70. The van der Waals surface area contributed by atoms with Crippen LogP contribution in [0.3, 0.4) is 0 Å². The molecule has 1 atom stereocenters. The molecule has 1 fully saturated rings. The Labute approximate surface area is 179 Å². The standard InChI is InChI=1S/C24H34N4O2/c1-18(2)23(29)28-15-12-21(13-16-28)27-24(25-14-11-22-10-7-17-30-22)26-19(3)20-8-5-4-6-9-20/h4-10,17-19,21H,11-16H2,1-3H3,(H2,25,26,27). The van der Waals surface area contributed by atoms with Crippen molar-refractivity contribution in [2.45, 2.75) is 52.1 Å². The van der Waals surface area contributed by atoms with Gasteiger partial charge in [0, 0.05) is 38.0 Å². The normalized spacial score (nSPS) is 16.5. The number of likely N-dealkylation sites (tertiary alicyclic amines) is 1. The number of benzene rings is 1. The first-order valence-corrected chi connectivity index (χ1v) is 11.0. The van der Waals surface area contributed by atoms with E-state index in [1.807, 2.05) is 36.9 Å². The van der Waals surface area contributed by atoms with E-state index in [1.165, 1.54) is 5.56 Å². The first-order chi connectivity index (χ1) is 14.5. The Bertz CT molecular complexity index is 794. The zero-order valence-corrected chi connectivity index (χ0v) is 18.3. The summed E-state index contributed by atoms with van der Waals surface area (Å²) in [4.78, 5) is 19.0. The molecule has 1 aromatic carbocycles. The van der Waals surface area contributed by atoms with Crippen molar-refractivity contribution in [2.24, 2.45) is 10.9 Å². The van der Waals surface area contributed by atoms with E-state index < -0.39 is 0 Å². The van der Waals surface area contributed by atoms with Crippen LogP contribution < -0.4 is 10.6 Å². The topological polar surface area (TPSA) is 69.9 Å². The quantitative estimate of drug-likeness (QED) is 0.539. The molecule has 0 spiro atoms. The van der Waals surface area contributed by atoms with Gasteiger partial charge in [-0.15, -0.1) is 0 Å². The summed E-state index contributed by atoms with van der Waals surface area (Å²) in [6.45, 7) is 8.31. The van der Waals surface area contributed by atoms with E-state index >= 15 is 0 Å². The van der Waals surface area contributed by atoms with Gasteiger partial charge in [0.1, 0.15) is 5.76 Å². The van der Waals surface area contributed by atoms with E-state index in [0.717, 1.165) is 44.1 Å². The van der Waals surface area contributed by atoms with Crippen molar-refractivity contribution in [3.8, 4) is 0 Å². The molecule has 1 saturated heterocycles. The second kappa shape index (κ2) is 10.9. The number of furan rings is 1. The van der Waals surface area contributed by atoms with Crippen molar-refractivity contribution < 1.29 is 9.21 Å². The van der Waals surface area contributed by atoms with E-state index in [0.29, 0.717) is 12.6 Å². The van der Waals surface area contributed by atoms with Crippen LogP contribution >= 0.6 is 0 Å². The van der Waals surface area contributed by atoms with Gasteiger partial charge in [0.05, 0.1) is 12.3 Å². The number of nitrogens with zero attached hydrogens (tertiary/aromatic N) is 2. The maximum atomic E-state index is 12.2. The summed E-state index contributed by atoms with van der Waals surface area (Å²) in [6.07, 6.45) is 4.31. The third-order valence-corrected chi connectivity index (χ3v) is 5.50. The Morgan fingerprint density at radius 3 is 2.50 bits per heavy atom. The summed E-state index contributed by atoms with van der Waals surface area (Å²) in [5, 5.41) is 7.14. The summed E-state index contributed by atoms with van der Waals surface area (Å²) in [6, 6.07) is 14.7. The summed E-state index contributed by atoms with van der Waals surface area (Å²) >= 11 is 0. The monoisotopic (exact) mass is 410 g/mol. The Hall–Kier alpha value is -2.76. The average Bonchev–Trinajstić information content (AvgIpc) is 3.27. The van der Waals surface area contributed by atoms with Crippen molar-refractivity contribution in [1.29, 1.82) is 0 Å². The van der Waals surface area contributed by atoms with Crippen LogP contribution in [0.15, 0.2) is 58.1 Å². The summed E-state index contributed by atoms with van der Waals surface area (Å²) in [7, 11) is 0. The number of rotatable bonds is 7. The Morgan fingerprint density at radius 1 is 1.13 bits per heavy atom. The Balaban J connectivity index is 1.60. The number of carbonyl (C=O) groups excluding carboxylic acids is 1. The minimum atomic E-state index is 0.0571. The minimum Gasteiger partial charge on any atom is -0.469 e. The Morgan fingerprint density at radius 2 is 1.87 bits per heavy atom. The van der Waals surface area contributed by atoms with E-state index in [-0.39, 0.29) is 17.9 Å². The van der Waals surface area contributed by atoms with E-state index in [4.69, 9.17) is 9.41 Å². The molecule has 0 bridgehead atoms. The molecule has 2 aromatic rings. The van der Waals surface area contributed by atoms with Gasteiger partial charge in [-0.2, -0.15) is 0 Å². The predicted molar refractivity (Wildman–Crippen MR) is 120 cm³/mol. The second-order valence-electron chi connectivity index (χ2n) is 8.23. The molecule has 1 unspecified atom stereocenters. The van der Waals surface area contributed by atoms with Gasteiger partial charge in [-0.1, -0.05) is 44.2 Å². The molecule has 0 radical (unpaired) electrons. The van der Waals surface area contributed by atoms with Crippen LogP contribution in [-0.2, 0) is 11.2 Å². The zero-order chi connectivity index (χ0) is 21.3. The molecule has 2 heterocycles. The van der Waals surface area contributed by atoms with Gasteiger partial charge in [0.2, 0.25) is 5.91 Å². The molecule has 0 saturated carbocycles. The summed E-state index contributed by atoms with van der Waals surface area (Å²) in [5.74, 6) is 2.06. The highest BCUT2D eigenvalue weighted by molar-refractivity contribution is 5.81. The molecule has 30 heavy (non-hydrogen) atoms. The smallest absolute Gasteiger partial charge is 0.225 e. The van der Waals surface area contributed by atoms with Gasteiger partial charge in [0.15, 0.2) is 5.96 Å². The van der Waals surface area contributed by atoms with Gasteiger partial charge in [-0.3, -0.25) is 9.79 Å². The maximum Gasteiger partial charge on any atom is 0.225 e. The molecule has 3 rings (SSSR count). The zero-order valence-electron chi connectivity index (χ0n) is 18.3. The molecule has 1 amide bonds. The van der Waals surface area contributed by atoms with Crippen molar-refractivity contribution in [3.05, 3.63) is 60.1 Å². The Kier molecular flexibility index (Phi) is 7.94. The van der Waals surface area contributed by atoms with Crippen LogP contribution in [0, 0.1) is 5.92 Å². The lowest BCUT2D eigenvalue weighted by molar-refractivity contribution is -0.135. The number of carbonyl (C=O) groups is 1. The predicted octanol–water partition coefficient (Wildman–Crippen LogP) is 3.77. The van der Waals surface area contributed by atoms with Crippen LogP contribution in [0.25, 0.3) is 0 Å². The fraction of sp³-hybridized carbons (Fsp3) is 0.500. The van der Waals surface area contributed by atoms with E-state index in [1.54, 1.807) is 6.26 Å². The highest BCUT2D eigenvalue weighted by atomic mass is 16.3. The second-order valence-corrected chi connectivity index (χ2v) is 8.23. The first kappa shape index (κ1) is 21.9. The third kappa shape index (κ3) is 6.37. The van der Waals surface area contributed by atoms with Crippen LogP contribution in [-0.4, -0.2) is 42.4 Å². The lowest BCUT2D eigenvalue weighted by atomic mass is 10.0. The molecular weight excluding hydrogens is 376 g/mol. The van der Waals surface area contributed by atoms with Crippen molar-refractivity contribution in [1.82, 2.24) is 15.5 Å². The minimum absolute atomic E-state index is 0.0571. The molecule has 2 N–H and O–H groups in total. The molecule has 1 aromatic heterocycles. The molecule has 162 valence electrons. The number of hydrogen-bond donors (Lipinski definition) is 2. The highest BCUT2D eigenvalue weighted by Gasteiger charge is 2.25. The number of nitrogens with one attached hydrogen (secondary N) is 2. The van der Waals surface area contributed by atoms with Crippen molar-refractivity contribution >= 4 is 11.9 Å². The van der Waals surface area contributed by atoms with Gasteiger partial charge in [-0.05, 0) is 37.5 Å². The van der Waals surface area contributed by atoms with Gasteiger partial charge >= 0.3 is 0 Å². The van der Waals surface area contributed by atoms with Crippen LogP contribution in [0.2, 0.25) is 0 Å². The largest absolute Gasteiger partial charge is 0.469 e. The number of hydrogen-bond acceptors (Lipinski definition) is 3. The maximum absolute atomic E-state index is 12.2. The molecule has 6 heteroatoms. The average molecular weight is 411 g/mol. The molecule has 6 nitrogen and oxygen atoms in total. The van der Waals surface area contributed by atoms with Crippen LogP contribution in [0.4, 0.5) is 0 Å². The lowest BCUT2D eigenvalue weighted by Crippen LogP contribution is -2.50.